The van der Waals surface area contributed by atoms with Gasteiger partial charge in [0.15, 0.2) is 0 Å². The molecule has 1 aromatic heterocycles. The van der Waals surface area contributed by atoms with Crippen molar-refractivity contribution in [2.24, 2.45) is 5.92 Å². The number of urea groups is 1. The molecule has 1 unspecified atom stereocenters. The molecule has 2 heterocycles. The van der Waals surface area contributed by atoms with E-state index in [0.717, 1.165) is 15.8 Å². The molecule has 122 valence electrons. The van der Waals surface area contributed by atoms with Crippen LogP contribution in [0.2, 0.25) is 4.34 Å². The topological polar surface area (TPSA) is 52.6 Å². The number of halogens is 1. The van der Waals surface area contributed by atoms with Crippen LogP contribution in [0.1, 0.15) is 32.1 Å². The van der Waals surface area contributed by atoms with E-state index in [4.69, 9.17) is 11.6 Å². The summed E-state index contributed by atoms with van der Waals surface area (Å²) in [5.74, 6) is 0.242. The highest BCUT2D eigenvalue weighted by Crippen LogP contribution is 2.23. The van der Waals surface area contributed by atoms with E-state index in [1.54, 1.807) is 0 Å². The lowest BCUT2D eigenvalue weighted by Crippen LogP contribution is -2.41. The summed E-state index contributed by atoms with van der Waals surface area (Å²) in [5, 5.41) is 2.77. The van der Waals surface area contributed by atoms with Crippen molar-refractivity contribution in [3.8, 4) is 0 Å². The quantitative estimate of drug-likeness (QED) is 0.774. The number of imide groups is 1. The molecule has 5 nitrogen and oxygen atoms in total. The fraction of sp³-hybridized carbons (Fsp3) is 0.600. The molecule has 0 radical (unpaired) electrons. The maximum Gasteiger partial charge on any atom is 0.325 e. The SMILES string of the molecule is CCN(Cc1ccc(Cl)s1)CN1C(=O)NC(CC(C)C)C1=O. The number of rotatable bonds is 7. The second kappa shape index (κ2) is 7.44. The van der Waals surface area contributed by atoms with E-state index in [0.29, 0.717) is 25.6 Å². The third kappa shape index (κ3) is 4.21. The Morgan fingerprint density at radius 2 is 2.14 bits per heavy atom. The lowest BCUT2D eigenvalue weighted by molar-refractivity contribution is -0.129. The van der Waals surface area contributed by atoms with E-state index >= 15 is 0 Å². The zero-order valence-electron chi connectivity index (χ0n) is 13.1. The largest absolute Gasteiger partial charge is 0.326 e. The van der Waals surface area contributed by atoms with Crippen LogP contribution in [0.3, 0.4) is 0 Å². The number of carbonyl (C=O) groups excluding carboxylic acids is 2. The van der Waals surface area contributed by atoms with Crippen LogP contribution in [0.4, 0.5) is 4.79 Å². The van der Waals surface area contributed by atoms with E-state index in [1.807, 2.05) is 32.9 Å². The average Bonchev–Trinajstić information content (AvgIpc) is 2.96. The highest BCUT2D eigenvalue weighted by molar-refractivity contribution is 7.16. The Balaban J connectivity index is 1.98. The van der Waals surface area contributed by atoms with Crippen LogP contribution in [0.15, 0.2) is 12.1 Å². The van der Waals surface area contributed by atoms with Gasteiger partial charge in [-0.1, -0.05) is 32.4 Å². The Morgan fingerprint density at radius 3 is 2.68 bits per heavy atom. The normalized spacial score (nSPS) is 18.6. The fourth-order valence-corrected chi connectivity index (χ4v) is 3.59. The lowest BCUT2D eigenvalue weighted by Gasteiger charge is -2.24. The highest BCUT2D eigenvalue weighted by atomic mass is 35.5. The summed E-state index contributed by atoms with van der Waals surface area (Å²) in [7, 11) is 0. The summed E-state index contributed by atoms with van der Waals surface area (Å²) in [5.41, 5.74) is 0. The van der Waals surface area contributed by atoms with Gasteiger partial charge in [-0.2, -0.15) is 0 Å². The minimum atomic E-state index is -0.387. The van der Waals surface area contributed by atoms with Gasteiger partial charge in [-0.25, -0.2) is 9.69 Å². The summed E-state index contributed by atoms with van der Waals surface area (Å²) >= 11 is 7.46. The summed E-state index contributed by atoms with van der Waals surface area (Å²) in [6.45, 7) is 7.84. The number of carbonyl (C=O) groups is 2. The Labute approximate surface area is 140 Å². The van der Waals surface area contributed by atoms with Gasteiger partial charge in [0.2, 0.25) is 0 Å². The molecular formula is C15H22ClN3O2S. The molecule has 0 saturated carbocycles. The molecule has 2 rings (SSSR count). The van der Waals surface area contributed by atoms with Crippen molar-refractivity contribution in [3.63, 3.8) is 0 Å². The summed E-state index contributed by atoms with van der Waals surface area (Å²) in [6, 6.07) is 3.16. The molecule has 3 amide bonds. The van der Waals surface area contributed by atoms with E-state index in [1.165, 1.54) is 16.2 Å². The minimum Gasteiger partial charge on any atom is -0.326 e. The van der Waals surface area contributed by atoms with Crippen molar-refractivity contribution in [2.75, 3.05) is 13.2 Å². The molecule has 1 aliphatic rings. The highest BCUT2D eigenvalue weighted by Gasteiger charge is 2.38. The number of nitrogens with one attached hydrogen (secondary N) is 1. The molecule has 0 aliphatic carbocycles. The van der Waals surface area contributed by atoms with Gasteiger partial charge in [0.05, 0.1) is 11.0 Å². The maximum absolute atomic E-state index is 12.4. The molecule has 1 aromatic rings. The first kappa shape index (κ1) is 17.2. The molecule has 0 spiro atoms. The Morgan fingerprint density at radius 1 is 1.41 bits per heavy atom. The second-order valence-corrected chi connectivity index (χ2v) is 7.69. The van der Waals surface area contributed by atoms with Crippen molar-refractivity contribution >= 4 is 34.9 Å². The van der Waals surface area contributed by atoms with E-state index in [-0.39, 0.29) is 18.0 Å². The van der Waals surface area contributed by atoms with Gasteiger partial charge >= 0.3 is 6.03 Å². The number of hydrogen-bond acceptors (Lipinski definition) is 4. The number of nitrogens with zero attached hydrogens (tertiary/aromatic N) is 2. The van der Waals surface area contributed by atoms with Crippen LogP contribution in [0.25, 0.3) is 0 Å². The molecular weight excluding hydrogens is 322 g/mol. The van der Waals surface area contributed by atoms with E-state index < -0.39 is 0 Å². The van der Waals surface area contributed by atoms with Crippen LogP contribution < -0.4 is 5.32 Å². The molecule has 1 aliphatic heterocycles. The lowest BCUT2D eigenvalue weighted by atomic mass is 10.0. The van der Waals surface area contributed by atoms with E-state index in [9.17, 15) is 9.59 Å². The monoisotopic (exact) mass is 343 g/mol. The van der Waals surface area contributed by atoms with Crippen molar-refractivity contribution in [1.29, 1.82) is 0 Å². The molecule has 1 N–H and O–H groups in total. The van der Waals surface area contributed by atoms with Crippen molar-refractivity contribution < 1.29 is 9.59 Å². The molecule has 1 fully saturated rings. The predicted octanol–water partition coefficient (Wildman–Crippen LogP) is 3.15. The Kier molecular flexibility index (Phi) is 5.83. The first-order valence-corrected chi connectivity index (χ1v) is 8.68. The maximum atomic E-state index is 12.4. The third-order valence-corrected chi connectivity index (χ3v) is 4.83. The van der Waals surface area contributed by atoms with Crippen LogP contribution >= 0.6 is 22.9 Å². The molecule has 0 bridgehead atoms. The first-order valence-electron chi connectivity index (χ1n) is 7.49. The van der Waals surface area contributed by atoms with Crippen molar-refractivity contribution in [1.82, 2.24) is 15.1 Å². The van der Waals surface area contributed by atoms with Crippen molar-refractivity contribution in [2.45, 2.75) is 39.8 Å². The molecule has 0 aromatic carbocycles. The van der Waals surface area contributed by atoms with E-state index in [2.05, 4.69) is 10.2 Å². The Bertz CT molecular complexity index is 547. The van der Waals surface area contributed by atoms with Gasteiger partial charge in [-0.3, -0.25) is 9.69 Å². The minimum absolute atomic E-state index is 0.124. The predicted molar refractivity (Wildman–Crippen MR) is 88.9 cm³/mol. The molecule has 1 saturated heterocycles. The van der Waals surface area contributed by atoms with Gasteiger partial charge in [0, 0.05) is 11.4 Å². The van der Waals surface area contributed by atoms with Gasteiger partial charge < -0.3 is 5.32 Å². The Hall–Kier alpha value is -1.11. The van der Waals surface area contributed by atoms with Gasteiger partial charge in [-0.05, 0) is 31.0 Å². The third-order valence-electron chi connectivity index (χ3n) is 3.61. The summed E-state index contributed by atoms with van der Waals surface area (Å²) in [6.07, 6.45) is 0.674. The first-order chi connectivity index (χ1) is 10.4. The standard InChI is InChI=1S/C15H22ClN3O2S/c1-4-18(8-11-5-6-13(16)22-11)9-19-14(20)12(7-10(2)3)17-15(19)21/h5-6,10,12H,4,7-9H2,1-3H3,(H,17,21). The molecule has 1 atom stereocenters. The number of amides is 3. The van der Waals surface area contributed by atoms with Gasteiger partial charge in [0.25, 0.3) is 5.91 Å². The number of thiophene rings is 1. The van der Waals surface area contributed by atoms with Crippen LogP contribution in [-0.2, 0) is 11.3 Å². The van der Waals surface area contributed by atoms with Gasteiger partial charge in [-0.15, -0.1) is 11.3 Å². The zero-order chi connectivity index (χ0) is 16.3. The van der Waals surface area contributed by atoms with Crippen molar-refractivity contribution in [3.05, 3.63) is 21.3 Å². The number of hydrogen-bond donors (Lipinski definition) is 1. The van der Waals surface area contributed by atoms with Gasteiger partial charge in [0.1, 0.15) is 6.04 Å². The van der Waals surface area contributed by atoms with Crippen LogP contribution in [-0.4, -0.2) is 41.0 Å². The average molecular weight is 344 g/mol. The molecule has 7 heteroatoms. The summed E-state index contributed by atoms with van der Waals surface area (Å²) < 4.78 is 0.748. The zero-order valence-corrected chi connectivity index (χ0v) is 14.7. The van der Waals surface area contributed by atoms with Crippen LogP contribution in [0, 0.1) is 5.92 Å². The second-order valence-electron chi connectivity index (χ2n) is 5.89. The summed E-state index contributed by atoms with van der Waals surface area (Å²) in [4.78, 5) is 28.9. The fourth-order valence-electron chi connectivity index (χ4n) is 2.46. The molecule has 22 heavy (non-hydrogen) atoms. The van der Waals surface area contributed by atoms with Crippen LogP contribution in [0.5, 0.6) is 0 Å². The smallest absolute Gasteiger partial charge is 0.325 e.